The molecule has 0 fully saturated rings. The highest BCUT2D eigenvalue weighted by Gasteiger charge is 2.15. The number of ether oxygens (including phenoxy) is 2. The van der Waals surface area contributed by atoms with Gasteiger partial charge in [-0.3, -0.25) is 4.99 Å². The summed E-state index contributed by atoms with van der Waals surface area (Å²) in [5.41, 5.74) is 0.870. The topological polar surface area (TPSA) is 54.9 Å². The minimum atomic E-state index is -2.88. The Balaban J connectivity index is 0.00000676. The summed E-state index contributed by atoms with van der Waals surface area (Å²) in [4.78, 5) is 4.60. The Morgan fingerprint density at radius 1 is 1.26 bits per heavy atom. The van der Waals surface area contributed by atoms with Crippen LogP contribution in [0.25, 0.3) is 0 Å². The average Bonchev–Trinajstić information content (AvgIpc) is 2.59. The zero-order valence-corrected chi connectivity index (χ0v) is 19.6. The highest BCUT2D eigenvalue weighted by atomic mass is 127. The van der Waals surface area contributed by atoms with Crippen LogP contribution in [0.15, 0.2) is 23.2 Å². The highest BCUT2D eigenvalue weighted by Crippen LogP contribution is 2.29. The van der Waals surface area contributed by atoms with Gasteiger partial charge in [-0.2, -0.15) is 20.5 Å². The number of rotatable bonds is 10. The number of benzene rings is 1. The van der Waals surface area contributed by atoms with E-state index in [0.29, 0.717) is 19.5 Å². The van der Waals surface area contributed by atoms with Gasteiger partial charge < -0.3 is 20.1 Å². The van der Waals surface area contributed by atoms with E-state index in [4.69, 9.17) is 4.74 Å². The number of halogens is 3. The van der Waals surface area contributed by atoms with Crippen molar-refractivity contribution in [1.29, 1.82) is 0 Å². The maximum absolute atomic E-state index is 12.5. The van der Waals surface area contributed by atoms with Crippen LogP contribution in [-0.2, 0) is 6.42 Å². The van der Waals surface area contributed by atoms with E-state index >= 15 is 0 Å². The summed E-state index contributed by atoms with van der Waals surface area (Å²) in [5, 5.41) is 6.47. The molecule has 0 aliphatic heterocycles. The van der Waals surface area contributed by atoms with Crippen LogP contribution >= 0.6 is 35.7 Å². The molecule has 156 valence electrons. The minimum Gasteiger partial charge on any atom is -0.493 e. The number of guanidine groups is 1. The molecule has 1 aromatic carbocycles. The van der Waals surface area contributed by atoms with Crippen LogP contribution in [0.4, 0.5) is 8.78 Å². The van der Waals surface area contributed by atoms with Crippen LogP contribution in [0.3, 0.4) is 0 Å². The summed E-state index contributed by atoms with van der Waals surface area (Å²) < 4.78 is 34.6. The summed E-state index contributed by atoms with van der Waals surface area (Å²) in [5.74, 6) is 1.07. The molecule has 0 spiro atoms. The molecule has 0 amide bonds. The molecule has 0 bridgehead atoms. The van der Waals surface area contributed by atoms with Gasteiger partial charge in [0.25, 0.3) is 0 Å². The Morgan fingerprint density at radius 2 is 1.96 bits per heavy atom. The third-order valence-corrected chi connectivity index (χ3v) is 4.90. The van der Waals surface area contributed by atoms with E-state index in [1.807, 2.05) is 13.0 Å². The summed E-state index contributed by atoms with van der Waals surface area (Å²) >= 11 is 1.77. The van der Waals surface area contributed by atoms with Gasteiger partial charge in [-0.15, -0.1) is 24.0 Å². The molecule has 0 aliphatic carbocycles. The van der Waals surface area contributed by atoms with Gasteiger partial charge >= 0.3 is 6.61 Å². The van der Waals surface area contributed by atoms with Gasteiger partial charge in [0.1, 0.15) is 0 Å². The Morgan fingerprint density at radius 3 is 2.52 bits per heavy atom. The lowest BCUT2D eigenvalue weighted by Gasteiger charge is -2.20. The number of aliphatic imine (C=N–C) groups is 1. The Kier molecular flexibility index (Phi) is 12.8. The first-order valence-corrected chi connectivity index (χ1v) is 9.72. The molecule has 0 atom stereocenters. The summed E-state index contributed by atoms with van der Waals surface area (Å²) in [6.45, 7) is 5.49. The first-order valence-electron chi connectivity index (χ1n) is 8.50. The average molecular weight is 517 g/mol. The number of alkyl halides is 2. The number of thioether (sulfide) groups is 1. The second-order valence-electron chi connectivity index (χ2n) is 6.20. The first-order chi connectivity index (χ1) is 12.3. The minimum absolute atomic E-state index is 0. The lowest BCUT2D eigenvalue weighted by molar-refractivity contribution is -0.0512. The van der Waals surface area contributed by atoms with Crippen LogP contribution in [-0.4, -0.2) is 50.3 Å². The van der Waals surface area contributed by atoms with Crippen LogP contribution in [0.5, 0.6) is 11.5 Å². The molecule has 0 unspecified atom stereocenters. The normalized spacial score (nSPS) is 11.8. The van der Waals surface area contributed by atoms with Crippen molar-refractivity contribution >= 4 is 41.7 Å². The summed E-state index contributed by atoms with van der Waals surface area (Å²) in [7, 11) is 1.42. The van der Waals surface area contributed by atoms with Gasteiger partial charge in [-0.25, -0.2) is 0 Å². The van der Waals surface area contributed by atoms with Crippen LogP contribution < -0.4 is 20.1 Å². The lowest BCUT2D eigenvalue weighted by Crippen LogP contribution is -2.39. The second kappa shape index (κ2) is 13.2. The third-order valence-electron chi connectivity index (χ3n) is 3.66. The SMILES string of the molecule is CCNC(=NCC(C)(C)SC)NCCc1ccc(OC)c(OC(F)F)c1.I. The Hall–Kier alpha value is -0.970. The molecular formula is C18H30F2IN3O2S. The zero-order chi connectivity index (χ0) is 19.6. The number of hydrogen-bond acceptors (Lipinski definition) is 4. The largest absolute Gasteiger partial charge is 0.493 e. The lowest BCUT2D eigenvalue weighted by atomic mass is 10.1. The Bertz CT molecular complexity index is 590. The molecular weight excluding hydrogens is 487 g/mol. The van der Waals surface area contributed by atoms with Crippen molar-refractivity contribution in [3.63, 3.8) is 0 Å². The van der Waals surface area contributed by atoms with Gasteiger partial charge in [0.05, 0.1) is 13.7 Å². The smallest absolute Gasteiger partial charge is 0.387 e. The first kappa shape index (κ1) is 26.0. The van der Waals surface area contributed by atoms with E-state index in [1.165, 1.54) is 7.11 Å². The van der Waals surface area contributed by atoms with E-state index in [0.717, 1.165) is 18.1 Å². The standard InChI is InChI=1S/C18H29F2N3O2S.HI/c1-6-21-17(23-12-18(2,3)26-5)22-10-9-13-7-8-14(24-4)15(11-13)25-16(19)20;/h7-8,11,16H,6,9-10,12H2,1-5H3,(H2,21,22,23);1H. The Labute approximate surface area is 182 Å². The second-order valence-corrected chi connectivity index (χ2v) is 7.71. The van der Waals surface area contributed by atoms with Crippen LogP contribution in [0.2, 0.25) is 0 Å². The molecule has 0 saturated carbocycles. The molecule has 1 rings (SSSR count). The number of nitrogens with zero attached hydrogens (tertiary/aromatic N) is 1. The van der Waals surface area contributed by atoms with Gasteiger partial charge in [-0.05, 0) is 51.1 Å². The molecule has 0 aromatic heterocycles. The van der Waals surface area contributed by atoms with Crippen molar-refractivity contribution in [2.45, 2.75) is 38.6 Å². The predicted octanol–water partition coefficient (Wildman–Crippen LogP) is 4.15. The van der Waals surface area contributed by atoms with Gasteiger partial charge in [0.15, 0.2) is 17.5 Å². The number of nitrogens with one attached hydrogen (secondary N) is 2. The number of hydrogen-bond donors (Lipinski definition) is 2. The van der Waals surface area contributed by atoms with E-state index < -0.39 is 6.61 Å². The van der Waals surface area contributed by atoms with Crippen molar-refractivity contribution < 1.29 is 18.3 Å². The molecule has 5 nitrogen and oxygen atoms in total. The molecule has 0 radical (unpaired) electrons. The molecule has 0 aliphatic rings. The van der Waals surface area contributed by atoms with E-state index in [1.54, 1.807) is 23.9 Å². The molecule has 1 aromatic rings. The van der Waals surface area contributed by atoms with Gasteiger partial charge in [0, 0.05) is 17.8 Å². The van der Waals surface area contributed by atoms with Crippen molar-refractivity contribution in [1.82, 2.24) is 10.6 Å². The van der Waals surface area contributed by atoms with Gasteiger partial charge in [-0.1, -0.05) is 6.07 Å². The van der Waals surface area contributed by atoms with E-state index in [9.17, 15) is 8.78 Å². The maximum atomic E-state index is 12.5. The monoisotopic (exact) mass is 517 g/mol. The highest BCUT2D eigenvalue weighted by molar-refractivity contribution is 14.0. The van der Waals surface area contributed by atoms with Crippen molar-refractivity contribution in [3.8, 4) is 11.5 Å². The van der Waals surface area contributed by atoms with Gasteiger partial charge in [0.2, 0.25) is 0 Å². The van der Waals surface area contributed by atoms with Crippen molar-refractivity contribution in [3.05, 3.63) is 23.8 Å². The molecule has 0 heterocycles. The van der Waals surface area contributed by atoms with E-state index in [2.05, 4.69) is 40.5 Å². The third kappa shape index (κ3) is 10.2. The van der Waals surface area contributed by atoms with Crippen molar-refractivity contribution in [2.75, 3.05) is 33.0 Å². The number of methoxy groups -OCH3 is 1. The fourth-order valence-corrected chi connectivity index (χ4v) is 2.26. The van der Waals surface area contributed by atoms with Crippen LogP contribution in [0.1, 0.15) is 26.3 Å². The fraction of sp³-hybridized carbons (Fsp3) is 0.611. The van der Waals surface area contributed by atoms with Crippen LogP contribution in [0, 0.1) is 0 Å². The quantitative estimate of drug-likeness (QED) is 0.278. The molecule has 9 heteroatoms. The fourth-order valence-electron chi connectivity index (χ4n) is 2.07. The maximum Gasteiger partial charge on any atom is 0.387 e. The molecule has 2 N–H and O–H groups in total. The summed E-state index contributed by atoms with van der Waals surface area (Å²) in [6, 6.07) is 5.04. The van der Waals surface area contributed by atoms with E-state index in [-0.39, 0.29) is 40.2 Å². The molecule has 0 saturated heterocycles. The van der Waals surface area contributed by atoms with Crippen molar-refractivity contribution in [2.24, 2.45) is 4.99 Å². The zero-order valence-electron chi connectivity index (χ0n) is 16.5. The summed E-state index contributed by atoms with van der Waals surface area (Å²) in [6.07, 6.45) is 2.71. The molecule has 27 heavy (non-hydrogen) atoms. The predicted molar refractivity (Wildman–Crippen MR) is 120 cm³/mol.